The molecule has 0 aromatic heterocycles. The largest absolute Gasteiger partial charge is 0.497 e. The summed E-state index contributed by atoms with van der Waals surface area (Å²) in [5.74, 6) is 0.359. The van der Waals surface area contributed by atoms with Gasteiger partial charge in [-0.15, -0.1) is 0 Å². The first-order chi connectivity index (χ1) is 14.0. The first-order valence-electron chi connectivity index (χ1n) is 9.02. The predicted octanol–water partition coefficient (Wildman–Crippen LogP) is 4.52. The summed E-state index contributed by atoms with van der Waals surface area (Å²) in [6.07, 6.45) is 0. The number of anilines is 2. The van der Waals surface area contributed by atoms with Crippen molar-refractivity contribution < 1.29 is 19.1 Å². The van der Waals surface area contributed by atoms with Crippen LogP contribution in [0.15, 0.2) is 66.7 Å². The quantitative estimate of drug-likeness (QED) is 0.649. The highest BCUT2D eigenvalue weighted by molar-refractivity contribution is 6.09. The number of methoxy groups -OCH3 is 2. The van der Waals surface area contributed by atoms with Gasteiger partial charge in [0.2, 0.25) is 0 Å². The summed E-state index contributed by atoms with van der Waals surface area (Å²) in [7, 11) is 3.03. The smallest absolute Gasteiger partial charge is 0.259 e. The summed E-state index contributed by atoms with van der Waals surface area (Å²) in [5, 5.41) is 5.69. The zero-order valence-corrected chi connectivity index (χ0v) is 16.5. The zero-order chi connectivity index (χ0) is 20.8. The van der Waals surface area contributed by atoms with Gasteiger partial charge < -0.3 is 20.1 Å². The summed E-state index contributed by atoms with van der Waals surface area (Å²) in [4.78, 5) is 25.4. The minimum Gasteiger partial charge on any atom is -0.497 e. The number of hydrogen-bond acceptors (Lipinski definition) is 4. The number of aryl methyl sites for hydroxylation is 1. The number of benzene rings is 3. The maximum absolute atomic E-state index is 12.8. The van der Waals surface area contributed by atoms with Crippen molar-refractivity contribution in [2.45, 2.75) is 6.92 Å². The van der Waals surface area contributed by atoms with Crippen LogP contribution in [0.25, 0.3) is 0 Å². The first kappa shape index (κ1) is 19.9. The van der Waals surface area contributed by atoms with E-state index in [9.17, 15) is 9.59 Å². The summed E-state index contributed by atoms with van der Waals surface area (Å²) in [5.41, 5.74) is 2.85. The highest BCUT2D eigenvalue weighted by atomic mass is 16.5. The number of hydrogen-bond donors (Lipinski definition) is 2. The van der Waals surface area contributed by atoms with Gasteiger partial charge in [0.15, 0.2) is 0 Å². The molecule has 2 N–H and O–H groups in total. The minimum atomic E-state index is -0.357. The van der Waals surface area contributed by atoms with Crippen LogP contribution in [0.4, 0.5) is 11.4 Å². The van der Waals surface area contributed by atoms with Crippen molar-refractivity contribution in [1.82, 2.24) is 0 Å². The summed E-state index contributed by atoms with van der Waals surface area (Å²) < 4.78 is 10.5. The van der Waals surface area contributed by atoms with E-state index in [2.05, 4.69) is 10.6 Å². The molecule has 0 fully saturated rings. The molecular weight excluding hydrogens is 368 g/mol. The number of nitrogens with one attached hydrogen (secondary N) is 2. The molecule has 0 spiro atoms. The molecule has 0 aliphatic heterocycles. The lowest BCUT2D eigenvalue weighted by Gasteiger charge is -2.13. The topological polar surface area (TPSA) is 76.7 Å². The van der Waals surface area contributed by atoms with E-state index in [4.69, 9.17) is 9.47 Å². The van der Waals surface area contributed by atoms with Gasteiger partial charge in [-0.05, 0) is 55.0 Å². The number of carbonyl (C=O) groups is 2. The number of rotatable bonds is 6. The fraction of sp³-hybridized carbons (Fsp3) is 0.130. The molecule has 0 radical (unpaired) electrons. The van der Waals surface area contributed by atoms with Gasteiger partial charge in [0.25, 0.3) is 11.8 Å². The van der Waals surface area contributed by atoms with E-state index in [0.29, 0.717) is 34.0 Å². The van der Waals surface area contributed by atoms with Gasteiger partial charge in [0.1, 0.15) is 11.5 Å². The average Bonchev–Trinajstić information content (AvgIpc) is 2.75. The van der Waals surface area contributed by atoms with Crippen LogP contribution in [0, 0.1) is 6.92 Å². The minimum absolute atomic E-state index is 0.259. The molecule has 0 unspecified atom stereocenters. The zero-order valence-electron chi connectivity index (χ0n) is 16.5. The molecule has 2 amide bonds. The third kappa shape index (κ3) is 4.73. The summed E-state index contributed by atoms with van der Waals surface area (Å²) in [6, 6.07) is 19.3. The van der Waals surface area contributed by atoms with E-state index < -0.39 is 0 Å². The Morgan fingerprint density at radius 3 is 2.24 bits per heavy atom. The lowest BCUT2D eigenvalue weighted by atomic mass is 10.1. The molecule has 0 aliphatic carbocycles. The van der Waals surface area contributed by atoms with Crippen LogP contribution in [-0.2, 0) is 0 Å². The van der Waals surface area contributed by atoms with Crippen LogP contribution in [0.1, 0.15) is 26.3 Å². The van der Waals surface area contributed by atoms with Crippen molar-refractivity contribution >= 4 is 23.2 Å². The van der Waals surface area contributed by atoms with Crippen molar-refractivity contribution in [3.8, 4) is 11.5 Å². The maximum atomic E-state index is 12.8. The van der Waals surface area contributed by atoms with Crippen LogP contribution < -0.4 is 20.1 Å². The molecular formula is C23H22N2O4. The third-order valence-corrected chi connectivity index (χ3v) is 4.43. The van der Waals surface area contributed by atoms with E-state index in [-0.39, 0.29) is 11.8 Å². The van der Waals surface area contributed by atoms with Crippen LogP contribution in [0.5, 0.6) is 11.5 Å². The Bertz CT molecular complexity index is 1030. The second-order valence-corrected chi connectivity index (χ2v) is 6.37. The molecule has 6 nitrogen and oxygen atoms in total. The van der Waals surface area contributed by atoms with Crippen molar-refractivity contribution in [3.63, 3.8) is 0 Å². The van der Waals surface area contributed by atoms with Gasteiger partial charge in [-0.25, -0.2) is 0 Å². The number of amides is 2. The Morgan fingerprint density at radius 2 is 1.55 bits per heavy atom. The van der Waals surface area contributed by atoms with Gasteiger partial charge in [-0.1, -0.05) is 24.3 Å². The Hall–Kier alpha value is -3.80. The van der Waals surface area contributed by atoms with E-state index in [1.807, 2.05) is 37.3 Å². The Balaban J connectivity index is 1.83. The molecule has 3 aromatic carbocycles. The Morgan fingerprint density at radius 1 is 0.793 bits per heavy atom. The molecule has 29 heavy (non-hydrogen) atoms. The van der Waals surface area contributed by atoms with Crippen molar-refractivity contribution in [2.75, 3.05) is 24.9 Å². The van der Waals surface area contributed by atoms with Crippen LogP contribution in [-0.4, -0.2) is 26.0 Å². The SMILES string of the molecule is COc1ccc(OC)c(C(=O)Nc2cc(C(=O)Nc3ccccc3)ccc2C)c1. The molecule has 0 saturated carbocycles. The molecule has 3 aromatic rings. The third-order valence-electron chi connectivity index (χ3n) is 4.43. The molecule has 0 atom stereocenters. The van der Waals surface area contributed by atoms with Gasteiger partial charge >= 0.3 is 0 Å². The van der Waals surface area contributed by atoms with Crippen molar-refractivity contribution in [2.24, 2.45) is 0 Å². The lowest BCUT2D eigenvalue weighted by molar-refractivity contribution is 0.101. The second-order valence-electron chi connectivity index (χ2n) is 6.37. The molecule has 6 heteroatoms. The second kappa shape index (κ2) is 8.93. The number of para-hydroxylation sites is 1. The Labute approximate surface area is 169 Å². The fourth-order valence-electron chi connectivity index (χ4n) is 2.80. The monoisotopic (exact) mass is 390 g/mol. The highest BCUT2D eigenvalue weighted by Crippen LogP contribution is 2.26. The average molecular weight is 390 g/mol. The Kier molecular flexibility index (Phi) is 6.14. The van der Waals surface area contributed by atoms with E-state index in [1.165, 1.54) is 14.2 Å². The van der Waals surface area contributed by atoms with Crippen LogP contribution in [0.3, 0.4) is 0 Å². The lowest BCUT2D eigenvalue weighted by Crippen LogP contribution is -2.16. The van der Waals surface area contributed by atoms with E-state index in [0.717, 1.165) is 5.56 Å². The molecule has 0 saturated heterocycles. The van der Waals surface area contributed by atoms with Gasteiger partial charge in [0, 0.05) is 16.9 Å². The molecule has 0 aliphatic rings. The first-order valence-corrected chi connectivity index (χ1v) is 9.02. The number of carbonyl (C=O) groups excluding carboxylic acids is 2. The normalized spacial score (nSPS) is 10.2. The van der Waals surface area contributed by atoms with Gasteiger partial charge in [0.05, 0.1) is 19.8 Å². The summed E-state index contributed by atoms with van der Waals surface area (Å²) in [6.45, 7) is 1.86. The van der Waals surface area contributed by atoms with Gasteiger partial charge in [-0.2, -0.15) is 0 Å². The van der Waals surface area contributed by atoms with E-state index >= 15 is 0 Å². The highest BCUT2D eigenvalue weighted by Gasteiger charge is 2.16. The molecule has 0 bridgehead atoms. The molecule has 0 heterocycles. The standard InChI is InChI=1S/C23H22N2O4/c1-15-9-10-16(22(26)24-17-7-5-4-6-8-17)13-20(15)25-23(27)19-14-18(28-2)11-12-21(19)29-3/h4-14H,1-3H3,(H,24,26)(H,25,27). The molecule has 3 rings (SSSR count). The fourth-order valence-corrected chi connectivity index (χ4v) is 2.80. The number of ether oxygens (including phenoxy) is 2. The molecule has 148 valence electrons. The van der Waals surface area contributed by atoms with Crippen LogP contribution in [0.2, 0.25) is 0 Å². The maximum Gasteiger partial charge on any atom is 0.259 e. The summed E-state index contributed by atoms with van der Waals surface area (Å²) >= 11 is 0. The van der Waals surface area contributed by atoms with Crippen molar-refractivity contribution in [3.05, 3.63) is 83.4 Å². The predicted molar refractivity (Wildman–Crippen MR) is 113 cm³/mol. The van der Waals surface area contributed by atoms with Gasteiger partial charge in [-0.3, -0.25) is 9.59 Å². The van der Waals surface area contributed by atoms with Crippen LogP contribution >= 0.6 is 0 Å². The van der Waals surface area contributed by atoms with Crippen molar-refractivity contribution in [1.29, 1.82) is 0 Å². The van der Waals surface area contributed by atoms with E-state index in [1.54, 1.807) is 36.4 Å².